The second kappa shape index (κ2) is 7.01. The summed E-state index contributed by atoms with van der Waals surface area (Å²) in [6.07, 6.45) is 2.03. The topological polar surface area (TPSA) is 48.3 Å². The van der Waals surface area contributed by atoms with Crippen molar-refractivity contribution in [3.8, 4) is 11.8 Å². The second-order valence-electron chi connectivity index (χ2n) is 4.75. The number of anilines is 1. The summed E-state index contributed by atoms with van der Waals surface area (Å²) >= 11 is 0. The van der Waals surface area contributed by atoms with E-state index in [2.05, 4.69) is 29.3 Å². The molecule has 1 aliphatic rings. The zero-order chi connectivity index (χ0) is 13.5. The first kappa shape index (κ1) is 13.7. The summed E-state index contributed by atoms with van der Waals surface area (Å²) in [7, 11) is 0. The van der Waals surface area contributed by atoms with Gasteiger partial charge in [0.2, 0.25) is 0 Å². The lowest BCUT2D eigenvalue weighted by Gasteiger charge is -2.26. The van der Waals surface area contributed by atoms with Crippen LogP contribution in [0.4, 0.5) is 5.69 Å². The molecule has 1 unspecified atom stereocenters. The summed E-state index contributed by atoms with van der Waals surface area (Å²) in [5.41, 5.74) is 1.10. The molecule has 1 atom stereocenters. The van der Waals surface area contributed by atoms with Gasteiger partial charge in [-0.25, -0.2) is 0 Å². The summed E-state index contributed by atoms with van der Waals surface area (Å²) in [6, 6.07) is 10.3. The number of benzene rings is 1. The molecule has 0 amide bonds. The van der Waals surface area contributed by atoms with Gasteiger partial charge in [0.25, 0.3) is 0 Å². The first-order valence-corrected chi connectivity index (χ1v) is 6.95. The van der Waals surface area contributed by atoms with Gasteiger partial charge in [0.1, 0.15) is 11.8 Å². The van der Waals surface area contributed by atoms with Crippen molar-refractivity contribution in [3.05, 3.63) is 24.3 Å². The predicted octanol–water partition coefficient (Wildman–Crippen LogP) is 2.17. The third-order valence-corrected chi connectivity index (χ3v) is 3.24. The van der Waals surface area contributed by atoms with Crippen LogP contribution in [-0.2, 0) is 0 Å². The smallest absolute Gasteiger partial charge is 0.142 e. The van der Waals surface area contributed by atoms with Crippen molar-refractivity contribution >= 4 is 5.69 Å². The van der Waals surface area contributed by atoms with Crippen LogP contribution in [0.5, 0.6) is 5.75 Å². The Morgan fingerprint density at radius 1 is 1.47 bits per heavy atom. The van der Waals surface area contributed by atoms with E-state index >= 15 is 0 Å². The lowest BCUT2D eigenvalue weighted by Crippen LogP contribution is -2.41. The number of hydrogen-bond acceptors (Lipinski definition) is 4. The van der Waals surface area contributed by atoms with Crippen LogP contribution in [0, 0.1) is 11.3 Å². The van der Waals surface area contributed by atoms with Gasteiger partial charge in [-0.2, -0.15) is 5.26 Å². The number of rotatable bonds is 5. The molecular weight excluding hydrogens is 238 g/mol. The molecule has 0 saturated heterocycles. The maximum Gasteiger partial charge on any atom is 0.142 e. The minimum Gasteiger partial charge on any atom is -0.491 e. The largest absolute Gasteiger partial charge is 0.491 e. The predicted molar refractivity (Wildman–Crippen MR) is 76.5 cm³/mol. The third kappa shape index (κ3) is 3.62. The molecular formula is C15H21N3O. The average molecular weight is 259 g/mol. The summed E-state index contributed by atoms with van der Waals surface area (Å²) in [4.78, 5) is 2.25. The van der Waals surface area contributed by atoms with Crippen LogP contribution < -0.4 is 15.0 Å². The monoisotopic (exact) mass is 259 g/mol. The summed E-state index contributed by atoms with van der Waals surface area (Å²) in [5, 5.41) is 12.5. The van der Waals surface area contributed by atoms with Gasteiger partial charge in [-0.3, -0.25) is 0 Å². The molecule has 0 bridgehead atoms. The quantitative estimate of drug-likeness (QED) is 0.880. The van der Waals surface area contributed by atoms with Gasteiger partial charge in [-0.15, -0.1) is 0 Å². The molecule has 0 radical (unpaired) electrons. The van der Waals surface area contributed by atoms with E-state index in [1.165, 1.54) is 0 Å². The normalized spacial score (nSPS) is 15.9. The molecule has 4 heteroatoms. The Hall–Kier alpha value is -1.73. The standard InChI is InChI=1S/C15H21N3O/c1-2-8-17-13(11-16)12-18-9-5-10-19-15-7-4-3-6-14(15)18/h3-4,6-7,13,17H,2,5,8-10,12H2,1H3. The van der Waals surface area contributed by atoms with Gasteiger partial charge in [-0.1, -0.05) is 19.1 Å². The van der Waals surface area contributed by atoms with Gasteiger partial charge >= 0.3 is 0 Å². The lowest BCUT2D eigenvalue weighted by molar-refractivity contribution is 0.322. The zero-order valence-electron chi connectivity index (χ0n) is 11.4. The summed E-state index contributed by atoms with van der Waals surface area (Å²) in [5.74, 6) is 0.923. The minimum absolute atomic E-state index is 0.133. The molecule has 1 N–H and O–H groups in total. The molecule has 1 aliphatic heterocycles. The van der Waals surface area contributed by atoms with E-state index in [0.717, 1.165) is 44.0 Å². The van der Waals surface area contributed by atoms with Crippen molar-refractivity contribution in [2.75, 3.05) is 31.1 Å². The number of nitrogens with one attached hydrogen (secondary N) is 1. The number of fused-ring (bicyclic) bond motifs is 1. The van der Waals surface area contributed by atoms with Crippen LogP contribution in [0.15, 0.2) is 24.3 Å². The van der Waals surface area contributed by atoms with Gasteiger partial charge in [-0.05, 0) is 31.5 Å². The molecule has 0 spiro atoms. The molecule has 0 aliphatic carbocycles. The fourth-order valence-electron chi connectivity index (χ4n) is 2.28. The highest BCUT2D eigenvalue weighted by Crippen LogP contribution is 2.30. The molecule has 4 nitrogen and oxygen atoms in total. The van der Waals surface area contributed by atoms with Crippen molar-refractivity contribution in [3.63, 3.8) is 0 Å². The number of ether oxygens (including phenoxy) is 1. The van der Waals surface area contributed by atoms with Crippen LogP contribution in [0.1, 0.15) is 19.8 Å². The van der Waals surface area contributed by atoms with Gasteiger partial charge in [0.05, 0.1) is 18.4 Å². The van der Waals surface area contributed by atoms with E-state index in [-0.39, 0.29) is 6.04 Å². The van der Waals surface area contributed by atoms with E-state index in [1.807, 2.05) is 18.2 Å². The first-order chi connectivity index (χ1) is 9.35. The highest BCUT2D eigenvalue weighted by atomic mass is 16.5. The fraction of sp³-hybridized carbons (Fsp3) is 0.533. The van der Waals surface area contributed by atoms with Gasteiger partial charge < -0.3 is 15.0 Å². The first-order valence-electron chi connectivity index (χ1n) is 6.95. The fourth-order valence-corrected chi connectivity index (χ4v) is 2.28. The van der Waals surface area contributed by atoms with Crippen LogP contribution in [0.2, 0.25) is 0 Å². The van der Waals surface area contributed by atoms with Crippen molar-refractivity contribution in [1.82, 2.24) is 5.32 Å². The Kier molecular flexibility index (Phi) is 5.05. The Labute approximate surface area is 115 Å². The molecule has 2 rings (SSSR count). The molecule has 1 aromatic carbocycles. The lowest BCUT2D eigenvalue weighted by atomic mass is 10.2. The molecule has 0 saturated carbocycles. The summed E-state index contributed by atoms with van der Waals surface area (Å²) < 4.78 is 5.73. The van der Waals surface area contributed by atoms with Crippen LogP contribution in [-0.4, -0.2) is 32.3 Å². The van der Waals surface area contributed by atoms with Crippen molar-refractivity contribution < 1.29 is 4.74 Å². The second-order valence-corrected chi connectivity index (χ2v) is 4.75. The van der Waals surface area contributed by atoms with E-state index < -0.39 is 0 Å². The van der Waals surface area contributed by atoms with E-state index in [1.54, 1.807) is 0 Å². The van der Waals surface area contributed by atoms with Crippen LogP contribution in [0.25, 0.3) is 0 Å². The maximum absolute atomic E-state index is 9.23. The third-order valence-electron chi connectivity index (χ3n) is 3.24. The number of para-hydroxylation sites is 2. The van der Waals surface area contributed by atoms with Crippen molar-refractivity contribution in [2.45, 2.75) is 25.8 Å². The Morgan fingerprint density at radius 2 is 2.32 bits per heavy atom. The maximum atomic E-state index is 9.23. The highest BCUT2D eigenvalue weighted by Gasteiger charge is 2.19. The van der Waals surface area contributed by atoms with E-state index in [0.29, 0.717) is 6.54 Å². The zero-order valence-corrected chi connectivity index (χ0v) is 11.4. The van der Waals surface area contributed by atoms with Crippen LogP contribution >= 0.6 is 0 Å². The van der Waals surface area contributed by atoms with Crippen LogP contribution in [0.3, 0.4) is 0 Å². The average Bonchev–Trinajstić information content (AvgIpc) is 2.66. The number of nitrogens with zero attached hydrogens (tertiary/aromatic N) is 2. The molecule has 1 aromatic rings. The minimum atomic E-state index is -0.133. The Balaban J connectivity index is 2.09. The molecule has 0 aromatic heterocycles. The molecule has 1 heterocycles. The highest BCUT2D eigenvalue weighted by molar-refractivity contribution is 5.59. The molecule has 102 valence electrons. The Morgan fingerprint density at radius 3 is 3.11 bits per heavy atom. The number of nitriles is 1. The van der Waals surface area contributed by atoms with Crippen molar-refractivity contribution in [1.29, 1.82) is 5.26 Å². The summed E-state index contributed by atoms with van der Waals surface area (Å²) in [6.45, 7) is 5.37. The Bertz CT molecular complexity index is 441. The van der Waals surface area contributed by atoms with Crippen molar-refractivity contribution in [2.24, 2.45) is 0 Å². The van der Waals surface area contributed by atoms with E-state index in [9.17, 15) is 5.26 Å². The number of hydrogen-bond donors (Lipinski definition) is 1. The van der Waals surface area contributed by atoms with Gasteiger partial charge in [0, 0.05) is 13.1 Å². The SMILES string of the molecule is CCCNC(C#N)CN1CCCOc2ccccc21. The van der Waals surface area contributed by atoms with E-state index in [4.69, 9.17) is 4.74 Å². The molecule has 0 fully saturated rings. The van der Waals surface area contributed by atoms with Gasteiger partial charge in [0.15, 0.2) is 0 Å². The molecule has 19 heavy (non-hydrogen) atoms.